The van der Waals surface area contributed by atoms with E-state index in [1.807, 2.05) is 42.8 Å². The highest BCUT2D eigenvalue weighted by atomic mass is 19.4. The van der Waals surface area contributed by atoms with Crippen LogP contribution < -0.4 is 10.1 Å². The molecule has 0 saturated heterocycles. The zero-order valence-electron chi connectivity index (χ0n) is 21.9. The van der Waals surface area contributed by atoms with Crippen molar-refractivity contribution >= 4 is 35.8 Å². The number of benzene rings is 1. The molecule has 0 aliphatic carbocycles. The summed E-state index contributed by atoms with van der Waals surface area (Å²) in [6, 6.07) is 9.98. The van der Waals surface area contributed by atoms with Crippen molar-refractivity contribution in [2.24, 2.45) is 12.0 Å². The van der Waals surface area contributed by atoms with Gasteiger partial charge in [0.15, 0.2) is 0 Å². The van der Waals surface area contributed by atoms with Gasteiger partial charge in [-0.3, -0.25) is 4.79 Å². The Morgan fingerprint density at radius 3 is 2.60 bits per heavy atom. The largest absolute Gasteiger partial charge is 0.481 e. The first-order valence-corrected chi connectivity index (χ1v) is 11.9. The Labute approximate surface area is 228 Å². The van der Waals surface area contributed by atoms with Crippen LogP contribution in [-0.2, 0) is 24.4 Å². The second kappa shape index (κ2) is 11.7. The number of rotatable bonds is 7. The summed E-state index contributed by atoms with van der Waals surface area (Å²) in [4.78, 5) is 27.4. The van der Waals surface area contributed by atoms with Crippen molar-refractivity contribution in [2.45, 2.75) is 19.5 Å². The molecule has 0 fully saturated rings. The fraction of sp³-hybridized carbons (Fsp3) is 0.172. The molecule has 2 N–H and O–H groups in total. The van der Waals surface area contributed by atoms with Gasteiger partial charge in [-0.2, -0.15) is 13.2 Å². The smallest absolute Gasteiger partial charge is 0.421 e. The van der Waals surface area contributed by atoms with Crippen LogP contribution in [0.5, 0.6) is 5.88 Å². The number of hydrogen-bond acceptors (Lipinski definition) is 5. The van der Waals surface area contributed by atoms with E-state index in [-0.39, 0.29) is 12.1 Å². The first kappa shape index (κ1) is 27.9. The Morgan fingerprint density at radius 2 is 1.98 bits per heavy atom. The van der Waals surface area contributed by atoms with Crippen molar-refractivity contribution in [3.63, 3.8) is 0 Å². The summed E-state index contributed by atoms with van der Waals surface area (Å²) in [7, 11) is 2.96. The van der Waals surface area contributed by atoms with E-state index in [0.29, 0.717) is 17.1 Å². The van der Waals surface area contributed by atoms with Gasteiger partial charge in [0, 0.05) is 12.6 Å². The maximum atomic E-state index is 13.2. The molecule has 4 rings (SSSR count). The number of pyridine rings is 1. The summed E-state index contributed by atoms with van der Waals surface area (Å²) < 4.78 is 46.2. The SMILES string of the molecule is C=Nc1[nH]c(C#Cc2cncn2C)cc1/C=C(\C)c1ccc(CC(=O)Nc2cnc(OC)c(C(F)(F)F)c2)cc1. The van der Waals surface area contributed by atoms with E-state index in [2.05, 4.69) is 48.6 Å². The van der Waals surface area contributed by atoms with E-state index in [0.717, 1.165) is 41.8 Å². The van der Waals surface area contributed by atoms with Crippen LogP contribution in [0.25, 0.3) is 11.6 Å². The van der Waals surface area contributed by atoms with E-state index in [9.17, 15) is 18.0 Å². The standard InChI is InChI=1S/C29H25F3N6O2/c1-18(11-21-13-22(37-27(21)33-2)9-10-24-16-34-17-38(24)3)20-7-5-19(6-8-20)12-26(39)36-23-14-25(29(30,31)32)28(40-4)35-15-23/h5-8,11,13-17,37H,2,12H2,1,3-4H3,(H,36,39)/b18-11+. The van der Waals surface area contributed by atoms with Gasteiger partial charge >= 0.3 is 6.18 Å². The monoisotopic (exact) mass is 546 g/mol. The van der Waals surface area contributed by atoms with Crippen LogP contribution in [0.4, 0.5) is 24.7 Å². The van der Waals surface area contributed by atoms with Gasteiger partial charge in [0.25, 0.3) is 0 Å². The summed E-state index contributed by atoms with van der Waals surface area (Å²) >= 11 is 0. The number of alkyl halides is 3. The Bertz CT molecular complexity index is 1640. The van der Waals surface area contributed by atoms with Crippen LogP contribution in [0, 0.1) is 11.8 Å². The number of imidazole rings is 1. The van der Waals surface area contributed by atoms with Gasteiger partial charge in [-0.05, 0) is 60.4 Å². The molecule has 1 amide bonds. The van der Waals surface area contributed by atoms with Crippen molar-refractivity contribution in [3.8, 4) is 17.7 Å². The molecule has 0 spiro atoms. The molecule has 3 aromatic heterocycles. The summed E-state index contributed by atoms with van der Waals surface area (Å²) in [6.45, 7) is 5.57. The molecule has 1 aromatic carbocycles. The highest BCUT2D eigenvalue weighted by Gasteiger charge is 2.35. The maximum Gasteiger partial charge on any atom is 0.421 e. The quantitative estimate of drug-likeness (QED) is 0.232. The van der Waals surface area contributed by atoms with E-state index >= 15 is 0 Å². The number of allylic oxidation sites excluding steroid dienone is 1. The molecular weight excluding hydrogens is 521 g/mol. The molecule has 0 unspecified atom stereocenters. The van der Waals surface area contributed by atoms with Crippen molar-refractivity contribution in [1.82, 2.24) is 19.5 Å². The van der Waals surface area contributed by atoms with Crippen LogP contribution in [-0.4, -0.2) is 39.3 Å². The zero-order valence-corrected chi connectivity index (χ0v) is 21.9. The molecule has 0 aliphatic rings. The number of halogens is 3. The molecule has 0 saturated carbocycles. The molecule has 0 aliphatic heterocycles. The van der Waals surface area contributed by atoms with E-state index < -0.39 is 23.5 Å². The number of aromatic nitrogens is 4. The molecule has 4 aromatic rings. The van der Waals surface area contributed by atoms with Gasteiger partial charge in [-0.25, -0.2) is 15.0 Å². The Hall–Kier alpha value is -5.11. The fourth-order valence-corrected chi connectivity index (χ4v) is 3.86. The van der Waals surface area contributed by atoms with Gasteiger partial charge in [0.2, 0.25) is 11.8 Å². The predicted octanol–water partition coefficient (Wildman–Crippen LogP) is 5.64. The van der Waals surface area contributed by atoms with Gasteiger partial charge in [0.05, 0.1) is 43.6 Å². The van der Waals surface area contributed by atoms with E-state index in [1.165, 1.54) is 0 Å². The molecule has 3 heterocycles. The number of anilines is 1. The lowest BCUT2D eigenvalue weighted by Crippen LogP contribution is -2.16. The number of nitrogens with zero attached hydrogens (tertiary/aromatic N) is 4. The molecule has 0 bridgehead atoms. The van der Waals surface area contributed by atoms with Crippen molar-refractivity contribution in [2.75, 3.05) is 12.4 Å². The van der Waals surface area contributed by atoms with Crippen LogP contribution in [0.3, 0.4) is 0 Å². The van der Waals surface area contributed by atoms with Crippen molar-refractivity contribution in [3.05, 3.63) is 88.8 Å². The normalized spacial score (nSPS) is 11.5. The predicted molar refractivity (Wildman–Crippen MR) is 147 cm³/mol. The fourth-order valence-electron chi connectivity index (χ4n) is 3.86. The minimum Gasteiger partial charge on any atom is -0.481 e. The Balaban J connectivity index is 1.44. The number of carbonyl (C=O) groups excluding carboxylic acids is 1. The van der Waals surface area contributed by atoms with Gasteiger partial charge in [0.1, 0.15) is 17.1 Å². The number of nitrogens with one attached hydrogen (secondary N) is 2. The third-order valence-electron chi connectivity index (χ3n) is 5.91. The average Bonchev–Trinajstić information content (AvgIpc) is 3.51. The molecule has 40 heavy (non-hydrogen) atoms. The van der Waals surface area contributed by atoms with Crippen LogP contribution in [0.1, 0.15) is 40.6 Å². The number of aryl methyl sites for hydroxylation is 1. The van der Waals surface area contributed by atoms with Gasteiger partial charge < -0.3 is 19.6 Å². The van der Waals surface area contributed by atoms with Crippen LogP contribution in [0.2, 0.25) is 0 Å². The van der Waals surface area contributed by atoms with Crippen LogP contribution >= 0.6 is 0 Å². The topological polar surface area (TPSA) is 97.2 Å². The molecule has 11 heteroatoms. The second-order valence-corrected chi connectivity index (χ2v) is 8.81. The molecule has 204 valence electrons. The van der Waals surface area contributed by atoms with Gasteiger partial charge in [-0.1, -0.05) is 24.3 Å². The molecule has 0 radical (unpaired) electrons. The maximum absolute atomic E-state index is 13.2. The lowest BCUT2D eigenvalue weighted by atomic mass is 10.0. The van der Waals surface area contributed by atoms with Crippen molar-refractivity contribution in [1.29, 1.82) is 0 Å². The summed E-state index contributed by atoms with van der Waals surface area (Å²) in [5.41, 5.74) is 3.67. The summed E-state index contributed by atoms with van der Waals surface area (Å²) in [5, 5.41) is 2.46. The lowest BCUT2D eigenvalue weighted by Gasteiger charge is -2.13. The molecular formula is C29H25F3N6O2. The van der Waals surface area contributed by atoms with E-state index in [4.69, 9.17) is 0 Å². The number of methoxy groups -OCH3 is 1. The van der Waals surface area contributed by atoms with Crippen molar-refractivity contribution < 1.29 is 22.7 Å². The summed E-state index contributed by atoms with van der Waals surface area (Å²) in [6.07, 6.45) is 1.73. The number of hydrogen-bond donors (Lipinski definition) is 2. The first-order chi connectivity index (χ1) is 19.1. The number of aromatic amines is 1. The molecule has 0 atom stereocenters. The minimum atomic E-state index is -4.67. The lowest BCUT2D eigenvalue weighted by molar-refractivity contribution is -0.139. The number of H-pyrrole nitrogens is 1. The number of ether oxygens (including phenoxy) is 1. The second-order valence-electron chi connectivity index (χ2n) is 8.81. The minimum absolute atomic E-state index is 0.0303. The average molecular weight is 547 g/mol. The number of amides is 1. The van der Waals surface area contributed by atoms with E-state index in [1.54, 1.807) is 24.7 Å². The van der Waals surface area contributed by atoms with Crippen LogP contribution in [0.15, 0.2) is 60.1 Å². The highest BCUT2D eigenvalue weighted by Crippen LogP contribution is 2.36. The molecule has 8 nitrogen and oxygen atoms in total. The Morgan fingerprint density at radius 1 is 1.23 bits per heavy atom. The van der Waals surface area contributed by atoms with Gasteiger partial charge in [-0.15, -0.1) is 0 Å². The number of aliphatic imine (C=N–C) groups is 1. The number of carbonyl (C=O) groups is 1. The Kier molecular flexibility index (Phi) is 8.19. The highest BCUT2D eigenvalue weighted by molar-refractivity contribution is 5.92. The summed E-state index contributed by atoms with van der Waals surface area (Å²) in [5.74, 6) is 5.67. The first-order valence-electron chi connectivity index (χ1n) is 11.9. The third-order valence-corrected chi connectivity index (χ3v) is 5.91. The third kappa shape index (κ3) is 6.66. The zero-order chi connectivity index (χ0) is 28.9.